The molecule has 0 saturated carbocycles. The van der Waals surface area contributed by atoms with Gasteiger partial charge in [-0.1, -0.05) is 13.5 Å². The van der Waals surface area contributed by atoms with Gasteiger partial charge >= 0.3 is 0 Å². The molecule has 0 aromatic rings. The first-order chi connectivity index (χ1) is 2.81. The molecule has 0 radical (unpaired) electrons. The van der Waals surface area contributed by atoms with Gasteiger partial charge in [-0.2, -0.15) is 5.11 Å². The normalized spacial score (nSPS) is 7.50. The van der Waals surface area contributed by atoms with Crippen molar-refractivity contribution in [3.63, 3.8) is 0 Å². The van der Waals surface area contributed by atoms with E-state index in [-0.39, 0.29) is 0 Å². The van der Waals surface area contributed by atoms with Crippen LogP contribution in [0, 0.1) is 5.53 Å². The van der Waals surface area contributed by atoms with Crippen LogP contribution in [-0.2, 0) is 0 Å². The summed E-state index contributed by atoms with van der Waals surface area (Å²) in [5.41, 5.74) is 6.97. The molecule has 0 aliphatic heterocycles. The first-order valence-electron chi connectivity index (χ1n) is 1.86. The van der Waals surface area contributed by atoms with Crippen molar-refractivity contribution in [1.29, 1.82) is 5.53 Å². The van der Waals surface area contributed by atoms with E-state index in [2.05, 4.69) is 11.7 Å². The number of allylic oxidation sites excluding steroid dienone is 1. The Morgan fingerprint density at radius 1 is 2.00 bits per heavy atom. The number of nitrogens with zero attached hydrogens (tertiary/aromatic N) is 1. The third-order valence-electron chi connectivity index (χ3n) is 0.566. The van der Waals surface area contributed by atoms with Gasteiger partial charge in [-0.15, -0.1) is 0 Å². The number of hydrogen-bond acceptors (Lipinski definition) is 2. The zero-order chi connectivity index (χ0) is 4.99. The van der Waals surface area contributed by atoms with Gasteiger partial charge in [0.25, 0.3) is 0 Å². The number of nitrogens with one attached hydrogen (secondary N) is 1. The van der Waals surface area contributed by atoms with Gasteiger partial charge in [0.2, 0.25) is 0 Å². The summed E-state index contributed by atoms with van der Waals surface area (Å²) in [5.74, 6) is 0. The lowest BCUT2D eigenvalue weighted by Crippen LogP contribution is -1.62. The molecule has 0 rings (SSSR count). The summed E-state index contributed by atoms with van der Waals surface area (Å²) in [7, 11) is 0. The summed E-state index contributed by atoms with van der Waals surface area (Å²) in [6, 6.07) is 0. The molecule has 0 amide bonds. The van der Waals surface area contributed by atoms with Crippen LogP contribution < -0.4 is 0 Å². The highest BCUT2D eigenvalue weighted by Crippen LogP contribution is 1.93. The quantitative estimate of drug-likeness (QED) is 0.496. The van der Waals surface area contributed by atoms with Crippen LogP contribution in [0.15, 0.2) is 17.4 Å². The van der Waals surface area contributed by atoms with Gasteiger partial charge in [-0.3, -0.25) is 0 Å². The Bertz CT molecular complexity index is 65.9. The predicted molar refractivity (Wildman–Crippen MR) is 24.6 cm³/mol. The van der Waals surface area contributed by atoms with Gasteiger partial charge in [0.05, 0.1) is 5.70 Å². The van der Waals surface area contributed by atoms with Crippen molar-refractivity contribution in [2.45, 2.75) is 13.3 Å². The number of hydrogen-bond donors (Lipinski definition) is 1. The standard InChI is InChI=1S/C4H8N2/c1-3-4(2)6-5/h5H,2-3H2,1H3. The van der Waals surface area contributed by atoms with Crippen molar-refractivity contribution in [3.8, 4) is 0 Å². The Morgan fingerprint density at radius 2 is 2.50 bits per heavy atom. The first-order valence-corrected chi connectivity index (χ1v) is 1.86. The molecule has 0 aromatic carbocycles. The van der Waals surface area contributed by atoms with Crippen LogP contribution in [0.4, 0.5) is 0 Å². The second-order valence-electron chi connectivity index (χ2n) is 1.03. The van der Waals surface area contributed by atoms with Crippen LogP contribution in [0.5, 0.6) is 0 Å². The fraction of sp³-hybridized carbons (Fsp3) is 0.500. The molecule has 0 unspecified atom stereocenters. The molecule has 0 atom stereocenters. The summed E-state index contributed by atoms with van der Waals surface area (Å²) in [6.45, 7) is 5.35. The van der Waals surface area contributed by atoms with Crippen LogP contribution in [-0.4, -0.2) is 0 Å². The van der Waals surface area contributed by atoms with E-state index in [1.54, 1.807) is 0 Å². The smallest absolute Gasteiger partial charge is 0.0549 e. The molecule has 0 fully saturated rings. The maximum Gasteiger partial charge on any atom is 0.0549 e. The lowest BCUT2D eigenvalue weighted by molar-refractivity contribution is 0.970. The van der Waals surface area contributed by atoms with Gasteiger partial charge in [0.15, 0.2) is 0 Å². The summed E-state index contributed by atoms with van der Waals surface area (Å²) in [6.07, 6.45) is 0.781. The maximum absolute atomic E-state index is 6.33. The molecule has 34 valence electrons. The monoisotopic (exact) mass is 84.1 g/mol. The molecule has 0 heterocycles. The molecule has 6 heavy (non-hydrogen) atoms. The Morgan fingerprint density at radius 3 is 2.50 bits per heavy atom. The van der Waals surface area contributed by atoms with Gasteiger partial charge in [-0.25, -0.2) is 5.53 Å². The summed E-state index contributed by atoms with van der Waals surface area (Å²) in [4.78, 5) is 0. The second-order valence-corrected chi connectivity index (χ2v) is 1.03. The van der Waals surface area contributed by atoms with Crippen molar-refractivity contribution in [2.75, 3.05) is 0 Å². The van der Waals surface area contributed by atoms with E-state index in [4.69, 9.17) is 5.53 Å². The van der Waals surface area contributed by atoms with E-state index in [0.29, 0.717) is 5.70 Å². The van der Waals surface area contributed by atoms with Crippen molar-refractivity contribution in [3.05, 3.63) is 12.3 Å². The van der Waals surface area contributed by atoms with Crippen LogP contribution >= 0.6 is 0 Å². The van der Waals surface area contributed by atoms with E-state index in [0.717, 1.165) is 6.42 Å². The minimum atomic E-state index is 0.634. The van der Waals surface area contributed by atoms with E-state index >= 15 is 0 Å². The highest BCUT2D eigenvalue weighted by atomic mass is 15.0. The fourth-order valence-electron chi connectivity index (χ4n) is 0.0791. The third-order valence-corrected chi connectivity index (χ3v) is 0.566. The highest BCUT2D eigenvalue weighted by Gasteiger charge is 1.76. The lowest BCUT2D eigenvalue weighted by atomic mass is 10.4. The van der Waals surface area contributed by atoms with E-state index in [1.165, 1.54) is 0 Å². The molecule has 1 N–H and O–H groups in total. The maximum atomic E-state index is 6.33. The molecule has 2 nitrogen and oxygen atoms in total. The van der Waals surface area contributed by atoms with Crippen molar-refractivity contribution in [1.82, 2.24) is 0 Å². The van der Waals surface area contributed by atoms with Crippen LogP contribution in [0.2, 0.25) is 0 Å². The Hall–Kier alpha value is -0.660. The van der Waals surface area contributed by atoms with Crippen molar-refractivity contribution in [2.24, 2.45) is 5.11 Å². The molecule has 0 aromatic heterocycles. The molecular weight excluding hydrogens is 76.1 g/mol. The van der Waals surface area contributed by atoms with Crippen molar-refractivity contribution >= 4 is 0 Å². The first kappa shape index (κ1) is 5.34. The van der Waals surface area contributed by atoms with Crippen LogP contribution in [0.3, 0.4) is 0 Å². The van der Waals surface area contributed by atoms with Gasteiger partial charge in [0, 0.05) is 0 Å². The largest absolute Gasteiger partial charge is 0.205 e. The zero-order valence-electron chi connectivity index (χ0n) is 3.86. The SMILES string of the molecule is C=C(CC)N=N. The molecule has 0 aliphatic carbocycles. The Kier molecular flexibility index (Phi) is 2.29. The summed E-state index contributed by atoms with van der Waals surface area (Å²) in [5, 5.41) is 3.06. The van der Waals surface area contributed by atoms with E-state index in [9.17, 15) is 0 Å². The Balaban J connectivity index is 3.23. The minimum absolute atomic E-state index is 0.634. The topological polar surface area (TPSA) is 36.2 Å². The van der Waals surface area contributed by atoms with Gasteiger partial charge < -0.3 is 0 Å². The molecule has 0 bridgehead atoms. The third kappa shape index (κ3) is 1.64. The average molecular weight is 84.1 g/mol. The van der Waals surface area contributed by atoms with Gasteiger partial charge in [0.1, 0.15) is 0 Å². The molecule has 0 spiro atoms. The summed E-state index contributed by atoms with van der Waals surface area (Å²) < 4.78 is 0. The predicted octanol–water partition coefficient (Wildman–Crippen LogP) is 1.94. The summed E-state index contributed by atoms with van der Waals surface area (Å²) >= 11 is 0. The molecule has 0 saturated heterocycles. The average Bonchev–Trinajstić information content (AvgIpc) is 1.65. The molecule has 2 heteroatoms. The Labute approximate surface area is 37.4 Å². The second kappa shape index (κ2) is 2.57. The van der Waals surface area contributed by atoms with E-state index < -0.39 is 0 Å². The van der Waals surface area contributed by atoms with E-state index in [1.807, 2.05) is 6.92 Å². The van der Waals surface area contributed by atoms with Gasteiger partial charge in [-0.05, 0) is 6.42 Å². The fourth-order valence-corrected chi connectivity index (χ4v) is 0.0791. The van der Waals surface area contributed by atoms with Crippen LogP contribution in [0.25, 0.3) is 0 Å². The number of rotatable bonds is 2. The minimum Gasteiger partial charge on any atom is -0.205 e. The zero-order valence-corrected chi connectivity index (χ0v) is 3.86. The molecular formula is C4H8N2. The van der Waals surface area contributed by atoms with Crippen LogP contribution in [0.1, 0.15) is 13.3 Å². The molecule has 0 aliphatic rings. The van der Waals surface area contributed by atoms with Crippen molar-refractivity contribution < 1.29 is 0 Å². The highest BCUT2D eigenvalue weighted by molar-refractivity contribution is 4.85. The lowest BCUT2D eigenvalue weighted by Gasteiger charge is -1.80.